The molecule has 4 heteroatoms. The van der Waals surface area contributed by atoms with E-state index >= 15 is 0 Å². The Morgan fingerprint density at radius 3 is 2.93 bits per heavy atom. The first-order valence-corrected chi connectivity index (χ1v) is 5.17. The van der Waals surface area contributed by atoms with Crippen LogP contribution >= 0.6 is 11.6 Å². The first-order valence-electron chi connectivity index (χ1n) is 4.79. The largest absolute Gasteiger partial charge is 0.323 e. The van der Waals surface area contributed by atoms with Gasteiger partial charge in [-0.05, 0) is 23.3 Å². The summed E-state index contributed by atoms with van der Waals surface area (Å²) in [6.45, 7) is 1.52. The van der Waals surface area contributed by atoms with Gasteiger partial charge in [0.15, 0.2) is 0 Å². The van der Waals surface area contributed by atoms with Crippen LogP contribution in [0.5, 0.6) is 0 Å². The summed E-state index contributed by atoms with van der Waals surface area (Å²) < 4.78 is 13.0. The third-order valence-corrected chi connectivity index (χ3v) is 2.69. The minimum atomic E-state index is -0.394. The minimum Gasteiger partial charge on any atom is -0.323 e. The molecule has 0 fully saturated rings. The third-order valence-electron chi connectivity index (χ3n) is 2.40. The molecule has 3 N–H and O–H groups in total. The molecule has 0 amide bonds. The number of hydrogen-bond donors (Lipinski definition) is 2. The molecule has 0 bridgehead atoms. The molecule has 0 saturated heterocycles. The van der Waals surface area contributed by atoms with Gasteiger partial charge in [-0.3, -0.25) is 0 Å². The van der Waals surface area contributed by atoms with E-state index in [4.69, 9.17) is 17.3 Å². The number of rotatable bonds is 1. The van der Waals surface area contributed by atoms with Crippen LogP contribution in [-0.4, -0.2) is 19.1 Å². The zero-order valence-corrected chi connectivity index (χ0v) is 8.89. The van der Waals surface area contributed by atoms with E-state index < -0.39 is 5.82 Å². The van der Waals surface area contributed by atoms with Gasteiger partial charge in [0.2, 0.25) is 0 Å². The smallest absolute Gasteiger partial charge is 0.141 e. The number of hydrogen-bond acceptors (Lipinski definition) is 2. The number of nitrogens with two attached hydrogens (primary N) is 1. The summed E-state index contributed by atoms with van der Waals surface area (Å²) in [7, 11) is 0. The maximum absolute atomic E-state index is 13.0. The fraction of sp³-hybridized carbons (Fsp3) is 0.273. The van der Waals surface area contributed by atoms with Gasteiger partial charge in [0.1, 0.15) is 5.82 Å². The number of benzene rings is 1. The van der Waals surface area contributed by atoms with Crippen molar-refractivity contribution in [1.82, 2.24) is 5.32 Å². The zero-order chi connectivity index (χ0) is 10.8. The predicted molar refractivity (Wildman–Crippen MR) is 60.2 cm³/mol. The van der Waals surface area contributed by atoms with E-state index in [9.17, 15) is 4.39 Å². The van der Waals surface area contributed by atoms with Crippen molar-refractivity contribution in [2.45, 2.75) is 6.04 Å². The summed E-state index contributed by atoms with van der Waals surface area (Å²) in [5, 5.41) is 3.33. The first-order chi connectivity index (χ1) is 7.16. The molecule has 1 aromatic rings. The SMILES string of the molecule is NC1C=C(c2ccc(F)c(Cl)c2)CNC1. The second-order valence-electron chi connectivity index (χ2n) is 3.62. The normalized spacial score (nSPS) is 21.3. The average Bonchev–Trinajstić information content (AvgIpc) is 2.22. The molecule has 1 aromatic carbocycles. The number of halogens is 2. The molecule has 1 aliphatic rings. The van der Waals surface area contributed by atoms with Crippen LogP contribution in [0.2, 0.25) is 5.02 Å². The molecule has 2 rings (SSSR count). The maximum atomic E-state index is 13.0. The van der Waals surface area contributed by atoms with Crippen molar-refractivity contribution in [2.75, 3.05) is 13.1 Å². The van der Waals surface area contributed by atoms with E-state index in [2.05, 4.69) is 5.32 Å². The second kappa shape index (κ2) is 4.31. The second-order valence-corrected chi connectivity index (χ2v) is 4.02. The molecular weight excluding hydrogens is 215 g/mol. The van der Waals surface area contributed by atoms with E-state index in [0.717, 1.165) is 24.2 Å². The predicted octanol–water partition coefficient (Wildman–Crippen LogP) is 1.79. The standard InChI is InChI=1S/C11H12ClFN2/c12-10-4-7(1-2-11(10)13)8-3-9(14)6-15-5-8/h1-4,9,15H,5-6,14H2. The van der Waals surface area contributed by atoms with Crippen molar-refractivity contribution in [1.29, 1.82) is 0 Å². The fourth-order valence-corrected chi connectivity index (χ4v) is 1.82. The van der Waals surface area contributed by atoms with Crippen LogP contribution < -0.4 is 11.1 Å². The van der Waals surface area contributed by atoms with E-state index in [1.54, 1.807) is 12.1 Å². The molecule has 0 radical (unpaired) electrons. The quantitative estimate of drug-likeness (QED) is 0.766. The molecular formula is C11H12ClFN2. The summed E-state index contributed by atoms with van der Waals surface area (Å²) in [6, 6.07) is 4.73. The van der Waals surface area contributed by atoms with Gasteiger partial charge >= 0.3 is 0 Å². The van der Waals surface area contributed by atoms with Gasteiger partial charge in [0.05, 0.1) is 5.02 Å². The Balaban J connectivity index is 2.33. The highest BCUT2D eigenvalue weighted by atomic mass is 35.5. The van der Waals surface area contributed by atoms with Crippen LogP contribution in [0, 0.1) is 5.82 Å². The van der Waals surface area contributed by atoms with Gasteiger partial charge in [0.25, 0.3) is 0 Å². The maximum Gasteiger partial charge on any atom is 0.141 e. The molecule has 0 spiro atoms. The molecule has 15 heavy (non-hydrogen) atoms. The van der Waals surface area contributed by atoms with Gasteiger partial charge in [-0.2, -0.15) is 0 Å². The Morgan fingerprint density at radius 1 is 1.47 bits per heavy atom. The van der Waals surface area contributed by atoms with Crippen LogP contribution in [0.3, 0.4) is 0 Å². The molecule has 1 unspecified atom stereocenters. The van der Waals surface area contributed by atoms with E-state index in [0.29, 0.717) is 0 Å². The lowest BCUT2D eigenvalue weighted by molar-refractivity contribution is 0.627. The van der Waals surface area contributed by atoms with E-state index in [-0.39, 0.29) is 11.1 Å². The van der Waals surface area contributed by atoms with Crippen molar-refractivity contribution in [3.63, 3.8) is 0 Å². The van der Waals surface area contributed by atoms with Crippen LogP contribution in [0.1, 0.15) is 5.56 Å². The topological polar surface area (TPSA) is 38.0 Å². The molecule has 2 nitrogen and oxygen atoms in total. The van der Waals surface area contributed by atoms with Crippen LogP contribution in [0.15, 0.2) is 24.3 Å². The minimum absolute atomic E-state index is 0.0116. The van der Waals surface area contributed by atoms with E-state index in [1.165, 1.54) is 6.07 Å². The highest BCUT2D eigenvalue weighted by Crippen LogP contribution is 2.22. The van der Waals surface area contributed by atoms with Crippen LogP contribution in [0.25, 0.3) is 5.57 Å². The Bertz CT molecular complexity index is 404. The molecule has 0 aliphatic carbocycles. The van der Waals surface area contributed by atoms with Gasteiger partial charge < -0.3 is 11.1 Å². The highest BCUT2D eigenvalue weighted by molar-refractivity contribution is 6.30. The molecule has 80 valence electrons. The lowest BCUT2D eigenvalue weighted by Crippen LogP contribution is -2.37. The van der Waals surface area contributed by atoms with Crippen molar-refractivity contribution in [3.8, 4) is 0 Å². The first kappa shape index (κ1) is 10.6. The van der Waals surface area contributed by atoms with E-state index in [1.807, 2.05) is 6.08 Å². The molecule has 1 heterocycles. The van der Waals surface area contributed by atoms with Gasteiger partial charge in [-0.1, -0.05) is 23.7 Å². The van der Waals surface area contributed by atoms with Gasteiger partial charge in [-0.25, -0.2) is 4.39 Å². The van der Waals surface area contributed by atoms with Gasteiger partial charge in [0, 0.05) is 19.1 Å². The Hall–Kier alpha value is -0.900. The molecule has 1 atom stereocenters. The highest BCUT2D eigenvalue weighted by Gasteiger charge is 2.11. The summed E-state index contributed by atoms with van der Waals surface area (Å²) in [6.07, 6.45) is 1.99. The Kier molecular flexibility index (Phi) is 3.05. The summed E-state index contributed by atoms with van der Waals surface area (Å²) >= 11 is 5.72. The van der Waals surface area contributed by atoms with Crippen molar-refractivity contribution in [3.05, 3.63) is 40.7 Å². The lowest BCUT2D eigenvalue weighted by atomic mass is 10.0. The summed E-state index contributed by atoms with van der Waals surface area (Å²) in [4.78, 5) is 0. The Morgan fingerprint density at radius 2 is 2.27 bits per heavy atom. The molecule has 1 aliphatic heterocycles. The molecule has 0 saturated carbocycles. The van der Waals surface area contributed by atoms with Crippen molar-refractivity contribution in [2.24, 2.45) is 5.73 Å². The fourth-order valence-electron chi connectivity index (χ4n) is 1.64. The summed E-state index contributed by atoms with van der Waals surface area (Å²) in [5.74, 6) is -0.394. The Labute approximate surface area is 92.9 Å². The van der Waals surface area contributed by atoms with Crippen LogP contribution in [-0.2, 0) is 0 Å². The average molecular weight is 227 g/mol. The van der Waals surface area contributed by atoms with Gasteiger partial charge in [-0.15, -0.1) is 0 Å². The number of nitrogens with one attached hydrogen (secondary N) is 1. The zero-order valence-electron chi connectivity index (χ0n) is 8.13. The summed E-state index contributed by atoms with van der Waals surface area (Å²) in [5.41, 5.74) is 7.77. The molecule has 0 aromatic heterocycles. The van der Waals surface area contributed by atoms with Crippen LogP contribution in [0.4, 0.5) is 4.39 Å². The van der Waals surface area contributed by atoms with Crippen molar-refractivity contribution >= 4 is 17.2 Å². The monoisotopic (exact) mass is 226 g/mol. The third kappa shape index (κ3) is 2.37. The van der Waals surface area contributed by atoms with Crippen molar-refractivity contribution < 1.29 is 4.39 Å². The lowest BCUT2D eigenvalue weighted by Gasteiger charge is -2.19.